The molecule has 0 spiro atoms. The molecule has 0 radical (unpaired) electrons. The van der Waals surface area contributed by atoms with E-state index in [4.69, 9.17) is 4.74 Å². The summed E-state index contributed by atoms with van der Waals surface area (Å²) in [5.74, 6) is -0.842. The molecule has 2 aromatic carbocycles. The van der Waals surface area contributed by atoms with Crippen LogP contribution in [0.2, 0.25) is 0 Å². The number of nitriles is 2. The van der Waals surface area contributed by atoms with E-state index in [2.05, 4.69) is 0 Å². The van der Waals surface area contributed by atoms with Crippen LogP contribution in [-0.4, -0.2) is 12.9 Å². The van der Waals surface area contributed by atoms with Gasteiger partial charge in [-0.2, -0.15) is 10.5 Å². The molecule has 0 heterocycles. The molecule has 0 fully saturated rings. The molecule has 0 unspecified atom stereocenters. The minimum Gasteiger partial charge on any atom is -0.497 e. The van der Waals surface area contributed by atoms with Gasteiger partial charge in [-0.05, 0) is 17.7 Å². The second-order valence-corrected chi connectivity index (χ2v) is 5.11. The Kier molecular flexibility index (Phi) is 5.50. The number of carbonyl (C=O) groups is 1. The van der Waals surface area contributed by atoms with E-state index in [1.807, 2.05) is 24.3 Å². The van der Waals surface area contributed by atoms with Crippen LogP contribution in [0.3, 0.4) is 0 Å². The maximum absolute atomic E-state index is 12.5. The molecular formula is C19H16N2O2. The van der Waals surface area contributed by atoms with Crippen molar-refractivity contribution >= 4 is 5.78 Å². The van der Waals surface area contributed by atoms with Crippen LogP contribution in [-0.2, 0) is 0 Å². The van der Waals surface area contributed by atoms with Crippen LogP contribution in [0, 0.1) is 28.6 Å². The molecule has 1 atom stereocenters. The highest BCUT2D eigenvalue weighted by atomic mass is 16.5. The highest BCUT2D eigenvalue weighted by Crippen LogP contribution is 2.31. The average molecular weight is 304 g/mol. The van der Waals surface area contributed by atoms with Gasteiger partial charge in [0, 0.05) is 17.9 Å². The molecule has 114 valence electrons. The van der Waals surface area contributed by atoms with Crippen LogP contribution in [0.4, 0.5) is 0 Å². The van der Waals surface area contributed by atoms with Gasteiger partial charge >= 0.3 is 0 Å². The van der Waals surface area contributed by atoms with E-state index in [1.54, 1.807) is 49.6 Å². The van der Waals surface area contributed by atoms with Crippen molar-refractivity contribution in [2.24, 2.45) is 5.92 Å². The molecule has 0 saturated carbocycles. The third kappa shape index (κ3) is 3.96. The van der Waals surface area contributed by atoms with Crippen molar-refractivity contribution in [2.75, 3.05) is 7.11 Å². The number of ether oxygens (including phenoxy) is 1. The van der Waals surface area contributed by atoms with Crippen LogP contribution in [0.25, 0.3) is 0 Å². The lowest BCUT2D eigenvalue weighted by molar-refractivity contribution is 0.0970. The van der Waals surface area contributed by atoms with Crippen molar-refractivity contribution in [1.82, 2.24) is 0 Å². The van der Waals surface area contributed by atoms with Crippen LogP contribution >= 0.6 is 0 Å². The van der Waals surface area contributed by atoms with Gasteiger partial charge in [-0.25, -0.2) is 0 Å². The number of hydrogen-bond acceptors (Lipinski definition) is 4. The Hall–Kier alpha value is -3.11. The third-order valence-corrected chi connectivity index (χ3v) is 3.70. The van der Waals surface area contributed by atoms with E-state index in [-0.39, 0.29) is 12.2 Å². The van der Waals surface area contributed by atoms with Gasteiger partial charge in [0.2, 0.25) is 0 Å². The molecule has 0 aromatic heterocycles. The normalized spacial score (nSPS) is 11.3. The van der Waals surface area contributed by atoms with Gasteiger partial charge in [-0.15, -0.1) is 0 Å². The van der Waals surface area contributed by atoms with E-state index in [0.717, 1.165) is 5.56 Å². The monoisotopic (exact) mass is 304 g/mol. The first-order chi connectivity index (χ1) is 11.2. The topological polar surface area (TPSA) is 73.9 Å². The SMILES string of the molecule is COc1cccc([C@@H](CC(=O)c2ccccc2)C(C#N)C#N)c1. The first-order valence-electron chi connectivity index (χ1n) is 7.21. The lowest BCUT2D eigenvalue weighted by atomic mass is 9.82. The summed E-state index contributed by atoms with van der Waals surface area (Å²) in [7, 11) is 1.55. The third-order valence-electron chi connectivity index (χ3n) is 3.70. The van der Waals surface area contributed by atoms with Crippen LogP contribution in [0.15, 0.2) is 54.6 Å². The smallest absolute Gasteiger partial charge is 0.163 e. The Morgan fingerprint density at radius 3 is 2.39 bits per heavy atom. The van der Waals surface area contributed by atoms with Crippen molar-refractivity contribution in [3.8, 4) is 17.9 Å². The van der Waals surface area contributed by atoms with Crippen molar-refractivity contribution < 1.29 is 9.53 Å². The summed E-state index contributed by atoms with van der Waals surface area (Å²) in [6, 6.07) is 20.0. The number of ketones is 1. The zero-order valence-corrected chi connectivity index (χ0v) is 12.8. The van der Waals surface area contributed by atoms with E-state index in [0.29, 0.717) is 11.3 Å². The van der Waals surface area contributed by atoms with E-state index in [9.17, 15) is 15.3 Å². The lowest BCUT2D eigenvalue weighted by Gasteiger charge is -2.18. The number of benzene rings is 2. The first-order valence-corrected chi connectivity index (χ1v) is 7.21. The lowest BCUT2D eigenvalue weighted by Crippen LogP contribution is -2.15. The summed E-state index contributed by atoms with van der Waals surface area (Å²) in [6.45, 7) is 0. The number of hydrogen-bond donors (Lipinski definition) is 0. The molecule has 0 N–H and O–H groups in total. The van der Waals surface area contributed by atoms with Crippen LogP contribution in [0.1, 0.15) is 28.3 Å². The summed E-state index contributed by atoms with van der Waals surface area (Å²) >= 11 is 0. The van der Waals surface area contributed by atoms with E-state index < -0.39 is 11.8 Å². The van der Waals surface area contributed by atoms with E-state index >= 15 is 0 Å². The number of Topliss-reactive ketones (excluding diaryl/α,β-unsaturated/α-hetero) is 1. The fraction of sp³-hybridized carbons (Fsp3) is 0.211. The van der Waals surface area contributed by atoms with Gasteiger partial charge in [-0.1, -0.05) is 42.5 Å². The standard InChI is InChI=1S/C19H16N2O2/c1-23-17-9-5-8-15(10-17)18(16(12-20)13-21)11-19(22)14-6-3-2-4-7-14/h2-10,16,18H,11H2,1H3/t18-/m1/s1. The zero-order chi connectivity index (χ0) is 16.7. The predicted octanol–water partition coefficient (Wildman–Crippen LogP) is 3.72. The molecule has 0 aliphatic carbocycles. The Morgan fingerprint density at radius 1 is 1.09 bits per heavy atom. The molecule has 4 nitrogen and oxygen atoms in total. The molecule has 0 bridgehead atoms. The highest BCUT2D eigenvalue weighted by molar-refractivity contribution is 5.96. The molecule has 0 saturated heterocycles. The first kappa shape index (κ1) is 16.3. The predicted molar refractivity (Wildman–Crippen MR) is 85.8 cm³/mol. The quantitative estimate of drug-likeness (QED) is 0.762. The van der Waals surface area contributed by atoms with Gasteiger partial charge in [0.1, 0.15) is 11.7 Å². The minimum absolute atomic E-state index is 0.0890. The Morgan fingerprint density at radius 2 is 1.78 bits per heavy atom. The Labute approximate surface area is 135 Å². The second-order valence-electron chi connectivity index (χ2n) is 5.11. The maximum atomic E-state index is 12.5. The molecule has 0 amide bonds. The number of carbonyl (C=O) groups excluding carboxylic acids is 1. The summed E-state index contributed by atoms with van der Waals surface area (Å²) in [5.41, 5.74) is 1.33. The minimum atomic E-state index is -0.894. The van der Waals surface area contributed by atoms with Crippen molar-refractivity contribution in [3.05, 3.63) is 65.7 Å². The zero-order valence-electron chi connectivity index (χ0n) is 12.8. The summed E-state index contributed by atoms with van der Waals surface area (Å²) < 4.78 is 5.19. The summed E-state index contributed by atoms with van der Waals surface area (Å²) in [5, 5.41) is 18.5. The Balaban J connectivity index is 2.33. The molecule has 2 aromatic rings. The van der Waals surface area contributed by atoms with E-state index in [1.165, 1.54) is 0 Å². The van der Waals surface area contributed by atoms with Gasteiger partial charge in [-0.3, -0.25) is 4.79 Å². The fourth-order valence-corrected chi connectivity index (χ4v) is 2.45. The highest BCUT2D eigenvalue weighted by Gasteiger charge is 2.26. The molecule has 4 heteroatoms. The molecule has 23 heavy (non-hydrogen) atoms. The molecule has 0 aliphatic rings. The van der Waals surface area contributed by atoms with Crippen molar-refractivity contribution in [2.45, 2.75) is 12.3 Å². The van der Waals surface area contributed by atoms with Gasteiger partial charge in [0.05, 0.1) is 19.2 Å². The summed E-state index contributed by atoms with van der Waals surface area (Å²) in [6.07, 6.45) is 0.100. The fourth-order valence-electron chi connectivity index (χ4n) is 2.45. The number of methoxy groups -OCH3 is 1. The number of nitrogens with zero attached hydrogens (tertiary/aromatic N) is 2. The van der Waals surface area contributed by atoms with Crippen LogP contribution in [0.5, 0.6) is 5.75 Å². The largest absolute Gasteiger partial charge is 0.497 e. The number of rotatable bonds is 6. The van der Waals surface area contributed by atoms with Gasteiger partial charge in [0.25, 0.3) is 0 Å². The van der Waals surface area contributed by atoms with Gasteiger partial charge in [0.15, 0.2) is 5.78 Å². The van der Waals surface area contributed by atoms with Crippen molar-refractivity contribution in [1.29, 1.82) is 10.5 Å². The summed E-state index contributed by atoms with van der Waals surface area (Å²) in [4.78, 5) is 12.5. The molecule has 2 rings (SSSR count). The van der Waals surface area contributed by atoms with Crippen molar-refractivity contribution in [3.63, 3.8) is 0 Å². The van der Waals surface area contributed by atoms with Crippen LogP contribution < -0.4 is 4.74 Å². The van der Waals surface area contributed by atoms with Gasteiger partial charge < -0.3 is 4.74 Å². The molecular weight excluding hydrogens is 288 g/mol. The average Bonchev–Trinajstić information content (AvgIpc) is 2.62. The maximum Gasteiger partial charge on any atom is 0.163 e. The second kappa shape index (κ2) is 7.77. The molecule has 0 aliphatic heterocycles. The Bertz CT molecular complexity index is 743.